The first-order valence-corrected chi connectivity index (χ1v) is 21.7. The molecule has 15 nitrogen and oxygen atoms in total. The minimum absolute atomic E-state index is 0.00844. The smallest absolute Gasteiger partial charge is 0.246 e. The summed E-state index contributed by atoms with van der Waals surface area (Å²) in [5, 5.41) is 21.7. The molecule has 2 aromatic rings. The maximum Gasteiger partial charge on any atom is 0.246 e. The van der Waals surface area contributed by atoms with Gasteiger partial charge in [-0.2, -0.15) is 0 Å². The Morgan fingerprint density at radius 1 is 0.567 bits per heavy atom. The molecule has 5 N–H and O–H groups in total. The first-order valence-electron chi connectivity index (χ1n) is 21.7. The first kappa shape index (κ1) is 44.1. The Morgan fingerprint density at radius 3 is 1.45 bits per heavy atom. The minimum atomic E-state index is -1.12. The lowest BCUT2D eigenvalue weighted by Gasteiger charge is -2.33. The van der Waals surface area contributed by atoms with Crippen molar-refractivity contribution in [2.75, 3.05) is 19.6 Å². The van der Waals surface area contributed by atoms with Gasteiger partial charge in [0.15, 0.2) is 0 Å². The summed E-state index contributed by atoms with van der Waals surface area (Å²) in [6, 6.07) is 8.56. The molecule has 15 heteroatoms. The number of nitrogens with zero attached hydrogens (tertiary/aromatic N) is 3. The van der Waals surface area contributed by atoms with Gasteiger partial charge < -0.3 is 41.1 Å². The molecule has 60 heavy (non-hydrogen) atoms. The summed E-state index contributed by atoms with van der Waals surface area (Å²) in [5.74, 6) is -3.76. The monoisotopic (exact) mass is 827 g/mol. The van der Waals surface area contributed by atoms with Crippen LogP contribution in [0.1, 0.15) is 90.2 Å². The molecule has 0 saturated carbocycles. The lowest BCUT2D eigenvalue weighted by atomic mass is 9.96. The Kier molecular flexibility index (Phi) is 14.5. The fraction of sp³-hybridized carbons (Fsp3) is 0.578. The number of amides is 7. The molecule has 0 unspecified atom stereocenters. The number of carbonyl (C=O) groups excluding carboxylic acids is 7. The number of rotatable bonds is 8. The molecule has 324 valence electrons. The highest BCUT2D eigenvalue weighted by Gasteiger charge is 2.45. The van der Waals surface area contributed by atoms with Crippen LogP contribution < -0.4 is 21.3 Å². The van der Waals surface area contributed by atoms with Gasteiger partial charge in [0.1, 0.15) is 48.0 Å². The van der Waals surface area contributed by atoms with E-state index in [4.69, 9.17) is 0 Å². The molecule has 2 aromatic carbocycles. The molecule has 4 aliphatic rings. The van der Waals surface area contributed by atoms with Gasteiger partial charge in [-0.15, -0.1) is 0 Å². The Balaban J connectivity index is 1.39. The molecule has 4 saturated heterocycles. The van der Waals surface area contributed by atoms with Crippen molar-refractivity contribution in [3.05, 3.63) is 65.7 Å². The maximum atomic E-state index is 14.6. The Labute approximate surface area is 352 Å². The summed E-state index contributed by atoms with van der Waals surface area (Å²) in [6.45, 7) is 8.40. The van der Waals surface area contributed by atoms with Crippen molar-refractivity contribution < 1.29 is 38.7 Å². The maximum absolute atomic E-state index is 14.6. The zero-order chi connectivity index (χ0) is 43.1. The summed E-state index contributed by atoms with van der Waals surface area (Å²) >= 11 is 0. The fourth-order valence-electron chi connectivity index (χ4n) is 9.07. The highest BCUT2D eigenvalue weighted by Crippen LogP contribution is 2.26. The number of fused-ring (bicyclic) bond motifs is 3. The number of hydrogen-bond donors (Lipinski definition) is 5. The SMILES string of the molecule is CC[C@H](C)[C@@H]1NC(=O)[C@@H]2CCCN2C(=O)[C@H](Cc2ccc(O)cc2)NC(=O)[C@@H]2CCCN2C(=O)[C@H](CC(C)C)NC(=O)[C@@H]2CCCN2C(=O)[C@H](Cc2ccccc2)NC1=O. The van der Waals surface area contributed by atoms with Crippen LogP contribution in [0.3, 0.4) is 0 Å². The van der Waals surface area contributed by atoms with Crippen molar-refractivity contribution >= 4 is 41.4 Å². The third-order valence-electron chi connectivity index (χ3n) is 12.5. The molecule has 7 amide bonds. The van der Waals surface area contributed by atoms with E-state index in [1.807, 2.05) is 58.0 Å². The molecule has 4 fully saturated rings. The van der Waals surface area contributed by atoms with Crippen molar-refractivity contribution in [1.82, 2.24) is 36.0 Å². The number of phenolic OH excluding ortho intramolecular Hbond substituents is 1. The van der Waals surface area contributed by atoms with Crippen LogP contribution in [0.5, 0.6) is 5.75 Å². The van der Waals surface area contributed by atoms with Crippen molar-refractivity contribution in [2.45, 2.75) is 134 Å². The Morgan fingerprint density at radius 2 is 0.983 bits per heavy atom. The van der Waals surface area contributed by atoms with E-state index in [1.54, 1.807) is 12.1 Å². The number of benzene rings is 2. The summed E-state index contributed by atoms with van der Waals surface area (Å²) in [7, 11) is 0. The van der Waals surface area contributed by atoms with Crippen molar-refractivity contribution in [3.63, 3.8) is 0 Å². The van der Waals surface area contributed by atoms with Crippen LogP contribution in [-0.4, -0.2) is 123 Å². The van der Waals surface area contributed by atoms with Crippen LogP contribution in [0, 0.1) is 11.8 Å². The van der Waals surface area contributed by atoms with E-state index in [9.17, 15) is 38.7 Å². The van der Waals surface area contributed by atoms with E-state index in [1.165, 1.54) is 26.8 Å². The second-order valence-corrected chi connectivity index (χ2v) is 17.3. The van der Waals surface area contributed by atoms with Crippen LogP contribution in [0.2, 0.25) is 0 Å². The number of carbonyl (C=O) groups is 7. The number of aromatic hydroxyl groups is 1. The van der Waals surface area contributed by atoms with Crippen LogP contribution in [-0.2, 0) is 46.4 Å². The second kappa shape index (κ2) is 19.7. The van der Waals surface area contributed by atoms with Crippen molar-refractivity contribution in [2.24, 2.45) is 11.8 Å². The molecule has 8 atom stereocenters. The molecule has 4 aliphatic heterocycles. The van der Waals surface area contributed by atoms with Gasteiger partial charge in [0.25, 0.3) is 0 Å². The number of nitrogens with one attached hydrogen (secondary N) is 4. The van der Waals surface area contributed by atoms with Gasteiger partial charge in [0, 0.05) is 32.5 Å². The predicted octanol–water partition coefficient (Wildman–Crippen LogP) is 2.20. The third kappa shape index (κ3) is 10.3. The Hall–Kier alpha value is -5.47. The van der Waals surface area contributed by atoms with Crippen LogP contribution in [0.4, 0.5) is 0 Å². The van der Waals surface area contributed by atoms with Crippen molar-refractivity contribution in [1.29, 1.82) is 0 Å². The molecule has 4 heterocycles. The fourth-order valence-corrected chi connectivity index (χ4v) is 9.07. The molecule has 0 bridgehead atoms. The molecule has 0 aliphatic carbocycles. The van der Waals surface area contributed by atoms with E-state index in [0.717, 1.165) is 5.56 Å². The highest BCUT2D eigenvalue weighted by atomic mass is 16.3. The molecule has 0 spiro atoms. The average Bonchev–Trinajstić information content (AvgIpc) is 4.04. The van der Waals surface area contributed by atoms with Crippen LogP contribution >= 0.6 is 0 Å². The molecular weight excluding hydrogens is 767 g/mol. The number of hydrogen-bond acceptors (Lipinski definition) is 8. The standard InChI is InChI=1S/C45H61N7O8/c1-5-28(4)38-42(57)48-34(25-29-12-7-6-8-13-29)45(60)51-22-10-14-35(51)39(54)46-32(24-27(2)3)43(58)50-21-9-15-36(50)40(55)47-33(26-30-17-19-31(53)20-18-30)44(59)52-23-11-16-37(52)41(56)49-38/h6-8,12-13,17-20,27-28,32-38,53H,5,9-11,14-16,21-26H2,1-4H3,(H,46,54)(H,47,55)(H,48,57)(H,49,56)/t28-,32-,33-,34-,35-,36-,37-,38-/m0/s1. The predicted molar refractivity (Wildman–Crippen MR) is 223 cm³/mol. The van der Waals surface area contributed by atoms with E-state index >= 15 is 0 Å². The first-order chi connectivity index (χ1) is 28.7. The summed E-state index contributed by atoms with van der Waals surface area (Å²) < 4.78 is 0. The summed E-state index contributed by atoms with van der Waals surface area (Å²) in [5.41, 5.74) is 1.45. The topological polar surface area (TPSA) is 198 Å². The van der Waals surface area contributed by atoms with E-state index in [2.05, 4.69) is 21.3 Å². The number of phenols is 1. The van der Waals surface area contributed by atoms with Crippen LogP contribution in [0.25, 0.3) is 0 Å². The normalized spacial score (nSPS) is 28.0. The zero-order valence-electron chi connectivity index (χ0n) is 35.2. The minimum Gasteiger partial charge on any atom is -0.508 e. The van der Waals surface area contributed by atoms with Gasteiger partial charge in [-0.1, -0.05) is 76.6 Å². The van der Waals surface area contributed by atoms with E-state index < -0.39 is 83.6 Å². The van der Waals surface area contributed by atoms with Crippen LogP contribution in [0.15, 0.2) is 54.6 Å². The second-order valence-electron chi connectivity index (χ2n) is 17.3. The van der Waals surface area contributed by atoms with Gasteiger partial charge >= 0.3 is 0 Å². The lowest BCUT2D eigenvalue weighted by molar-refractivity contribution is -0.145. The summed E-state index contributed by atoms with van der Waals surface area (Å²) in [4.78, 5) is 105. The lowest BCUT2D eigenvalue weighted by Crippen LogP contribution is -2.60. The Bertz CT molecular complexity index is 1890. The van der Waals surface area contributed by atoms with E-state index in [-0.39, 0.29) is 50.1 Å². The zero-order valence-corrected chi connectivity index (χ0v) is 35.2. The van der Waals surface area contributed by atoms with E-state index in [0.29, 0.717) is 56.9 Å². The van der Waals surface area contributed by atoms with Gasteiger partial charge in [-0.3, -0.25) is 33.6 Å². The van der Waals surface area contributed by atoms with Gasteiger partial charge in [-0.25, -0.2) is 0 Å². The van der Waals surface area contributed by atoms with Crippen molar-refractivity contribution in [3.8, 4) is 5.75 Å². The average molecular weight is 828 g/mol. The van der Waals surface area contributed by atoms with Gasteiger partial charge in [0.05, 0.1) is 0 Å². The molecular formula is C45H61N7O8. The summed E-state index contributed by atoms with van der Waals surface area (Å²) in [6.07, 6.45) is 3.64. The third-order valence-corrected chi connectivity index (χ3v) is 12.5. The van der Waals surface area contributed by atoms with Gasteiger partial charge in [-0.05, 0) is 80.0 Å². The molecule has 6 rings (SSSR count). The molecule has 0 radical (unpaired) electrons. The largest absolute Gasteiger partial charge is 0.508 e. The quantitative estimate of drug-likeness (QED) is 0.267. The molecule has 0 aromatic heterocycles. The van der Waals surface area contributed by atoms with Gasteiger partial charge in [0.2, 0.25) is 41.4 Å². The highest BCUT2D eigenvalue weighted by molar-refractivity contribution is 5.99.